The molecule has 1 aromatic carbocycles. The van der Waals surface area contributed by atoms with E-state index in [0.717, 1.165) is 16.8 Å². The molecule has 3 N–H and O–H groups in total. The van der Waals surface area contributed by atoms with E-state index in [0.29, 0.717) is 16.9 Å². The van der Waals surface area contributed by atoms with Gasteiger partial charge in [-0.25, -0.2) is 4.39 Å². The highest BCUT2D eigenvalue weighted by Gasteiger charge is 2.18. The van der Waals surface area contributed by atoms with E-state index in [4.69, 9.17) is 5.73 Å². The van der Waals surface area contributed by atoms with Crippen molar-refractivity contribution < 1.29 is 4.39 Å². The van der Waals surface area contributed by atoms with Gasteiger partial charge < -0.3 is 5.73 Å². The van der Waals surface area contributed by atoms with Crippen molar-refractivity contribution in [1.82, 2.24) is 10.2 Å². The summed E-state index contributed by atoms with van der Waals surface area (Å²) in [6.07, 6.45) is 0. The second-order valence-electron chi connectivity index (χ2n) is 4.31. The smallest absolute Gasteiger partial charge is 0.153 e. The Bertz CT molecular complexity index is 730. The van der Waals surface area contributed by atoms with Crippen LogP contribution < -0.4 is 5.73 Å². The zero-order chi connectivity index (χ0) is 13.4. The molecule has 0 radical (unpaired) electrons. The molecule has 3 nitrogen and oxygen atoms in total. The number of thiophene rings is 1. The maximum atomic E-state index is 14.0. The lowest BCUT2D eigenvalue weighted by molar-refractivity contribution is 0.631. The van der Waals surface area contributed by atoms with E-state index in [1.165, 1.54) is 6.07 Å². The lowest BCUT2D eigenvalue weighted by Crippen LogP contribution is -1.91. The van der Waals surface area contributed by atoms with Crippen molar-refractivity contribution in [3.05, 3.63) is 46.4 Å². The van der Waals surface area contributed by atoms with E-state index >= 15 is 0 Å². The second-order valence-corrected chi connectivity index (χ2v) is 5.05. The largest absolute Gasteiger partial charge is 0.382 e. The maximum Gasteiger partial charge on any atom is 0.153 e. The molecular weight excluding hydrogens is 261 g/mol. The van der Waals surface area contributed by atoms with Crippen molar-refractivity contribution in [2.45, 2.75) is 6.92 Å². The van der Waals surface area contributed by atoms with Crippen molar-refractivity contribution >= 4 is 17.2 Å². The number of hydrogen-bond donors (Lipinski definition) is 2. The van der Waals surface area contributed by atoms with E-state index in [2.05, 4.69) is 10.2 Å². The first-order valence-electron chi connectivity index (χ1n) is 5.80. The quantitative estimate of drug-likeness (QED) is 0.745. The molecule has 0 atom stereocenters. The number of nitrogen functional groups attached to an aromatic ring is 1. The Morgan fingerprint density at radius 2 is 2.00 bits per heavy atom. The summed E-state index contributed by atoms with van der Waals surface area (Å²) in [5.74, 6) is 0.00966. The molecule has 0 saturated carbocycles. The minimum atomic E-state index is -0.301. The third kappa shape index (κ3) is 1.92. The summed E-state index contributed by atoms with van der Waals surface area (Å²) in [5, 5.41) is 11.0. The molecule has 0 bridgehead atoms. The molecule has 0 spiro atoms. The minimum Gasteiger partial charge on any atom is -0.382 e. The Morgan fingerprint density at radius 3 is 2.68 bits per heavy atom. The third-order valence-corrected chi connectivity index (χ3v) is 3.92. The molecule has 19 heavy (non-hydrogen) atoms. The van der Waals surface area contributed by atoms with Gasteiger partial charge in [-0.3, -0.25) is 5.10 Å². The number of anilines is 1. The van der Waals surface area contributed by atoms with Crippen LogP contribution in [0, 0.1) is 12.7 Å². The number of benzene rings is 1. The molecule has 0 aliphatic heterocycles. The first kappa shape index (κ1) is 11.9. The zero-order valence-corrected chi connectivity index (χ0v) is 11.1. The Kier molecular flexibility index (Phi) is 2.83. The zero-order valence-electron chi connectivity index (χ0n) is 10.3. The van der Waals surface area contributed by atoms with Crippen LogP contribution >= 0.6 is 11.3 Å². The van der Waals surface area contributed by atoms with Crippen LogP contribution in [0.4, 0.5) is 10.2 Å². The Hall–Kier alpha value is -2.14. The molecule has 0 fully saturated rings. The second kappa shape index (κ2) is 4.51. The molecule has 0 unspecified atom stereocenters. The van der Waals surface area contributed by atoms with Crippen LogP contribution in [-0.4, -0.2) is 10.2 Å². The lowest BCUT2D eigenvalue weighted by atomic mass is 10.0. The summed E-state index contributed by atoms with van der Waals surface area (Å²) in [5.41, 5.74) is 9.87. The van der Waals surface area contributed by atoms with Gasteiger partial charge in [0.15, 0.2) is 5.82 Å². The number of halogens is 1. The van der Waals surface area contributed by atoms with Crippen LogP contribution in [0.5, 0.6) is 0 Å². The highest BCUT2D eigenvalue weighted by Crippen LogP contribution is 2.38. The van der Waals surface area contributed by atoms with Crippen LogP contribution in [-0.2, 0) is 0 Å². The van der Waals surface area contributed by atoms with Gasteiger partial charge in [0.05, 0.1) is 11.3 Å². The topological polar surface area (TPSA) is 54.7 Å². The van der Waals surface area contributed by atoms with E-state index in [-0.39, 0.29) is 5.82 Å². The standard InChI is InChI=1S/C14H12FN3S/c1-8-6-19-7-10(8)13-12(14(16)18-17-13)9-4-2-3-5-11(9)15/h2-7H,1H3,(H3,16,17,18). The predicted octanol–water partition coefficient (Wildman–Crippen LogP) is 3.83. The number of nitrogens with zero attached hydrogens (tertiary/aromatic N) is 1. The van der Waals surface area contributed by atoms with Gasteiger partial charge in [0, 0.05) is 16.5 Å². The fraction of sp³-hybridized carbons (Fsp3) is 0.0714. The third-order valence-electron chi connectivity index (χ3n) is 3.06. The molecular formula is C14H12FN3S. The van der Waals surface area contributed by atoms with Gasteiger partial charge >= 0.3 is 0 Å². The summed E-state index contributed by atoms with van der Waals surface area (Å²) in [6, 6.07) is 6.58. The van der Waals surface area contributed by atoms with Crippen LogP contribution in [0.25, 0.3) is 22.4 Å². The first-order chi connectivity index (χ1) is 9.18. The average molecular weight is 273 g/mol. The van der Waals surface area contributed by atoms with Gasteiger partial charge in [0.2, 0.25) is 0 Å². The van der Waals surface area contributed by atoms with Gasteiger partial charge in [-0.15, -0.1) is 0 Å². The molecule has 2 heterocycles. The summed E-state index contributed by atoms with van der Waals surface area (Å²) in [7, 11) is 0. The van der Waals surface area contributed by atoms with Crippen LogP contribution in [0.3, 0.4) is 0 Å². The molecule has 3 aromatic rings. The summed E-state index contributed by atoms with van der Waals surface area (Å²) >= 11 is 1.60. The molecule has 0 saturated heterocycles. The number of aromatic amines is 1. The van der Waals surface area contributed by atoms with Crippen molar-refractivity contribution in [2.75, 3.05) is 5.73 Å². The Balaban J connectivity index is 2.26. The van der Waals surface area contributed by atoms with Gasteiger partial charge in [0.25, 0.3) is 0 Å². The number of aromatic nitrogens is 2. The van der Waals surface area contributed by atoms with Crippen molar-refractivity contribution in [2.24, 2.45) is 0 Å². The Morgan fingerprint density at radius 1 is 1.21 bits per heavy atom. The fourth-order valence-electron chi connectivity index (χ4n) is 2.10. The highest BCUT2D eigenvalue weighted by molar-refractivity contribution is 7.08. The predicted molar refractivity (Wildman–Crippen MR) is 76.4 cm³/mol. The maximum absolute atomic E-state index is 14.0. The van der Waals surface area contributed by atoms with Crippen molar-refractivity contribution in [3.8, 4) is 22.4 Å². The first-order valence-corrected chi connectivity index (χ1v) is 6.74. The molecule has 2 aromatic heterocycles. The molecule has 0 aliphatic carbocycles. The Labute approximate surface area is 113 Å². The number of rotatable bonds is 2. The average Bonchev–Trinajstić information content (AvgIpc) is 2.96. The number of nitrogens with one attached hydrogen (secondary N) is 1. The van der Waals surface area contributed by atoms with Crippen molar-refractivity contribution in [1.29, 1.82) is 0 Å². The van der Waals surface area contributed by atoms with Gasteiger partial charge in [-0.2, -0.15) is 16.4 Å². The van der Waals surface area contributed by atoms with E-state index < -0.39 is 0 Å². The molecule has 0 amide bonds. The van der Waals surface area contributed by atoms with Gasteiger partial charge in [-0.1, -0.05) is 18.2 Å². The van der Waals surface area contributed by atoms with Crippen molar-refractivity contribution in [3.63, 3.8) is 0 Å². The number of nitrogens with two attached hydrogens (primary N) is 1. The van der Waals surface area contributed by atoms with E-state index in [1.807, 2.05) is 17.7 Å². The van der Waals surface area contributed by atoms with E-state index in [1.54, 1.807) is 29.5 Å². The SMILES string of the molecule is Cc1cscc1-c1[nH]nc(N)c1-c1ccccc1F. The lowest BCUT2D eigenvalue weighted by Gasteiger charge is -2.05. The molecule has 5 heteroatoms. The fourth-order valence-corrected chi connectivity index (χ4v) is 2.94. The summed E-state index contributed by atoms with van der Waals surface area (Å²) in [4.78, 5) is 0. The van der Waals surface area contributed by atoms with Crippen LogP contribution in [0.2, 0.25) is 0 Å². The number of hydrogen-bond acceptors (Lipinski definition) is 3. The van der Waals surface area contributed by atoms with Crippen LogP contribution in [0.1, 0.15) is 5.56 Å². The normalized spacial score (nSPS) is 10.8. The number of aryl methyl sites for hydroxylation is 1. The summed E-state index contributed by atoms with van der Waals surface area (Å²) < 4.78 is 14.0. The van der Waals surface area contributed by atoms with Crippen LogP contribution in [0.15, 0.2) is 35.0 Å². The molecule has 3 rings (SSSR count). The number of H-pyrrole nitrogens is 1. The summed E-state index contributed by atoms with van der Waals surface area (Å²) in [6.45, 7) is 2.01. The monoisotopic (exact) mass is 273 g/mol. The van der Waals surface area contributed by atoms with Gasteiger partial charge in [0.1, 0.15) is 5.82 Å². The molecule has 96 valence electrons. The minimum absolute atomic E-state index is 0.301. The molecule has 0 aliphatic rings. The van der Waals surface area contributed by atoms with E-state index in [9.17, 15) is 4.39 Å². The van der Waals surface area contributed by atoms with Gasteiger partial charge in [-0.05, 0) is 23.9 Å². The highest BCUT2D eigenvalue weighted by atomic mass is 32.1.